The zero-order valence-electron chi connectivity index (χ0n) is 9.17. The van der Waals surface area contributed by atoms with Gasteiger partial charge in [0.2, 0.25) is 5.82 Å². The highest BCUT2D eigenvalue weighted by molar-refractivity contribution is 5.16. The van der Waals surface area contributed by atoms with Crippen LogP contribution in [0.25, 0.3) is 0 Å². The van der Waals surface area contributed by atoms with E-state index < -0.39 is 17.6 Å². The van der Waals surface area contributed by atoms with E-state index >= 15 is 0 Å². The van der Waals surface area contributed by atoms with E-state index in [1.54, 1.807) is 0 Å². The van der Waals surface area contributed by atoms with Gasteiger partial charge in [0, 0.05) is 18.0 Å². The zero-order chi connectivity index (χ0) is 12.5. The molecule has 2 rings (SSSR count). The van der Waals surface area contributed by atoms with Crippen molar-refractivity contribution in [2.45, 2.75) is 43.9 Å². The summed E-state index contributed by atoms with van der Waals surface area (Å²) in [4.78, 5) is 6.55. The van der Waals surface area contributed by atoms with Crippen LogP contribution in [0.5, 0.6) is 0 Å². The van der Waals surface area contributed by atoms with Gasteiger partial charge in [-0.25, -0.2) is 9.97 Å². The summed E-state index contributed by atoms with van der Waals surface area (Å²) in [6, 6.07) is 0. The molecule has 0 atom stereocenters. The standard InChI is InChI=1S/C11H13F3N2O/c12-11(13,14)9-15-6-8(7-16-9)10(17)4-2-1-3-5-10/h6-7,17H,1-5H2. The van der Waals surface area contributed by atoms with Crippen molar-refractivity contribution in [2.24, 2.45) is 0 Å². The lowest BCUT2D eigenvalue weighted by atomic mass is 9.81. The summed E-state index contributed by atoms with van der Waals surface area (Å²) < 4.78 is 36.8. The molecular weight excluding hydrogens is 233 g/mol. The van der Waals surface area contributed by atoms with Crippen LogP contribution in [-0.4, -0.2) is 15.1 Å². The van der Waals surface area contributed by atoms with Crippen LogP contribution in [0.3, 0.4) is 0 Å². The van der Waals surface area contributed by atoms with Gasteiger partial charge in [0.05, 0.1) is 5.60 Å². The molecule has 0 amide bonds. The molecule has 1 heterocycles. The van der Waals surface area contributed by atoms with Crippen molar-refractivity contribution in [3.05, 3.63) is 23.8 Å². The summed E-state index contributed by atoms with van der Waals surface area (Å²) in [7, 11) is 0. The van der Waals surface area contributed by atoms with Crippen molar-refractivity contribution in [1.29, 1.82) is 0 Å². The van der Waals surface area contributed by atoms with Gasteiger partial charge in [0.25, 0.3) is 0 Å². The fourth-order valence-corrected chi connectivity index (χ4v) is 2.14. The summed E-state index contributed by atoms with van der Waals surface area (Å²) >= 11 is 0. The molecule has 1 saturated carbocycles. The molecular formula is C11H13F3N2O. The highest BCUT2D eigenvalue weighted by Crippen LogP contribution is 2.36. The number of aromatic nitrogens is 2. The Morgan fingerprint density at radius 3 is 2.06 bits per heavy atom. The quantitative estimate of drug-likeness (QED) is 0.828. The largest absolute Gasteiger partial charge is 0.451 e. The number of nitrogens with zero attached hydrogens (tertiary/aromatic N) is 2. The van der Waals surface area contributed by atoms with E-state index in [1.165, 1.54) is 0 Å². The van der Waals surface area contributed by atoms with Crippen LogP contribution < -0.4 is 0 Å². The van der Waals surface area contributed by atoms with Crippen LogP contribution in [0.1, 0.15) is 43.5 Å². The highest BCUT2D eigenvalue weighted by Gasteiger charge is 2.36. The van der Waals surface area contributed by atoms with E-state index in [0.717, 1.165) is 31.7 Å². The van der Waals surface area contributed by atoms with Gasteiger partial charge >= 0.3 is 6.18 Å². The van der Waals surface area contributed by atoms with Crippen molar-refractivity contribution in [1.82, 2.24) is 9.97 Å². The van der Waals surface area contributed by atoms with E-state index in [0.29, 0.717) is 18.4 Å². The van der Waals surface area contributed by atoms with E-state index in [4.69, 9.17) is 0 Å². The van der Waals surface area contributed by atoms with Gasteiger partial charge in [-0.2, -0.15) is 13.2 Å². The van der Waals surface area contributed by atoms with Crippen molar-refractivity contribution in [3.8, 4) is 0 Å². The molecule has 0 saturated heterocycles. The van der Waals surface area contributed by atoms with Crippen LogP contribution >= 0.6 is 0 Å². The molecule has 17 heavy (non-hydrogen) atoms. The van der Waals surface area contributed by atoms with Crippen LogP contribution in [-0.2, 0) is 11.8 Å². The zero-order valence-corrected chi connectivity index (χ0v) is 9.17. The van der Waals surface area contributed by atoms with Gasteiger partial charge in [0.1, 0.15) is 0 Å². The molecule has 6 heteroatoms. The third kappa shape index (κ3) is 2.57. The normalized spacial score (nSPS) is 20.2. The Morgan fingerprint density at radius 1 is 1.06 bits per heavy atom. The summed E-state index contributed by atoms with van der Waals surface area (Å²) in [5.41, 5.74) is -0.673. The van der Waals surface area contributed by atoms with Gasteiger partial charge in [-0.1, -0.05) is 19.3 Å². The topological polar surface area (TPSA) is 46.0 Å². The summed E-state index contributed by atoms with van der Waals surface area (Å²) in [5.74, 6) is -1.17. The molecule has 0 radical (unpaired) electrons. The number of aliphatic hydroxyl groups is 1. The molecule has 1 N–H and O–H groups in total. The molecule has 1 aromatic rings. The number of rotatable bonds is 1. The Bertz CT molecular complexity index is 383. The fraction of sp³-hybridized carbons (Fsp3) is 0.636. The number of hydrogen-bond acceptors (Lipinski definition) is 3. The third-order valence-electron chi connectivity index (χ3n) is 3.12. The Labute approximate surface area is 96.7 Å². The molecule has 0 spiro atoms. The Morgan fingerprint density at radius 2 is 1.59 bits per heavy atom. The molecule has 1 fully saturated rings. The monoisotopic (exact) mass is 246 g/mol. The molecule has 94 valence electrons. The van der Waals surface area contributed by atoms with E-state index in [9.17, 15) is 18.3 Å². The minimum atomic E-state index is -4.53. The van der Waals surface area contributed by atoms with Gasteiger partial charge in [-0.15, -0.1) is 0 Å². The Balaban J connectivity index is 2.23. The van der Waals surface area contributed by atoms with Crippen molar-refractivity contribution >= 4 is 0 Å². The van der Waals surface area contributed by atoms with Crippen molar-refractivity contribution in [3.63, 3.8) is 0 Å². The maximum atomic E-state index is 12.3. The second-order valence-electron chi connectivity index (χ2n) is 4.39. The minimum Gasteiger partial charge on any atom is -0.385 e. The first-order chi connectivity index (χ1) is 7.92. The van der Waals surface area contributed by atoms with Gasteiger partial charge in [0.15, 0.2) is 0 Å². The van der Waals surface area contributed by atoms with Crippen LogP contribution in [0, 0.1) is 0 Å². The predicted octanol–water partition coefficient (Wildman–Crippen LogP) is 2.65. The Hall–Kier alpha value is -1.17. The fourth-order valence-electron chi connectivity index (χ4n) is 2.14. The lowest BCUT2D eigenvalue weighted by molar-refractivity contribution is -0.145. The predicted molar refractivity (Wildman–Crippen MR) is 54.0 cm³/mol. The molecule has 0 aromatic carbocycles. The number of hydrogen-bond donors (Lipinski definition) is 1. The molecule has 0 unspecified atom stereocenters. The first-order valence-corrected chi connectivity index (χ1v) is 5.54. The second kappa shape index (κ2) is 4.25. The third-order valence-corrected chi connectivity index (χ3v) is 3.12. The Kier molecular flexibility index (Phi) is 3.07. The highest BCUT2D eigenvalue weighted by atomic mass is 19.4. The summed E-state index contributed by atoms with van der Waals surface area (Å²) in [6.45, 7) is 0. The molecule has 0 aliphatic heterocycles. The maximum Gasteiger partial charge on any atom is 0.451 e. The van der Waals surface area contributed by atoms with Crippen molar-refractivity contribution in [2.75, 3.05) is 0 Å². The maximum absolute atomic E-state index is 12.3. The molecule has 1 aromatic heterocycles. The molecule has 0 bridgehead atoms. The van der Waals surface area contributed by atoms with Crippen LogP contribution in [0.4, 0.5) is 13.2 Å². The summed E-state index contributed by atoms with van der Waals surface area (Å²) in [5, 5.41) is 10.3. The SMILES string of the molecule is OC1(c2cnc(C(F)(F)F)nc2)CCCCC1. The number of alkyl halides is 3. The van der Waals surface area contributed by atoms with E-state index in [2.05, 4.69) is 9.97 Å². The molecule has 1 aliphatic rings. The lowest BCUT2D eigenvalue weighted by Crippen LogP contribution is -2.29. The average molecular weight is 246 g/mol. The average Bonchev–Trinajstić information content (AvgIpc) is 2.29. The number of halogens is 3. The van der Waals surface area contributed by atoms with Crippen molar-refractivity contribution < 1.29 is 18.3 Å². The summed E-state index contributed by atoms with van der Waals surface area (Å²) in [6.07, 6.45) is 1.54. The first kappa shape index (κ1) is 12.3. The van der Waals surface area contributed by atoms with Crippen LogP contribution in [0.2, 0.25) is 0 Å². The van der Waals surface area contributed by atoms with E-state index in [1.807, 2.05) is 0 Å². The first-order valence-electron chi connectivity index (χ1n) is 5.54. The molecule has 1 aliphatic carbocycles. The minimum absolute atomic E-state index is 0.380. The van der Waals surface area contributed by atoms with Gasteiger partial charge in [-0.3, -0.25) is 0 Å². The van der Waals surface area contributed by atoms with Gasteiger partial charge in [-0.05, 0) is 12.8 Å². The lowest BCUT2D eigenvalue weighted by Gasteiger charge is -2.31. The second-order valence-corrected chi connectivity index (χ2v) is 4.39. The smallest absolute Gasteiger partial charge is 0.385 e. The van der Waals surface area contributed by atoms with E-state index in [-0.39, 0.29) is 0 Å². The molecule has 3 nitrogen and oxygen atoms in total. The van der Waals surface area contributed by atoms with Gasteiger partial charge < -0.3 is 5.11 Å². The van der Waals surface area contributed by atoms with Crippen LogP contribution in [0.15, 0.2) is 12.4 Å².